The first-order valence-electron chi connectivity index (χ1n) is 8.80. The molecular formula is C20H21BrClN3O2S. The molecule has 0 unspecified atom stereocenters. The van der Waals surface area contributed by atoms with Crippen LogP contribution in [-0.2, 0) is 10.0 Å². The van der Waals surface area contributed by atoms with Gasteiger partial charge in [0.05, 0.1) is 10.6 Å². The average Bonchev–Trinajstić information content (AvgIpc) is 2.69. The van der Waals surface area contributed by atoms with Crippen molar-refractivity contribution in [2.24, 2.45) is 0 Å². The molecular weight excluding hydrogens is 462 g/mol. The molecule has 0 amide bonds. The first kappa shape index (κ1) is 20.9. The zero-order valence-corrected chi connectivity index (χ0v) is 18.3. The molecule has 2 N–H and O–H groups in total. The first-order chi connectivity index (χ1) is 13.0. The lowest BCUT2D eigenvalue weighted by Gasteiger charge is -2.30. The molecule has 5 nitrogen and oxygen atoms in total. The fraction of sp³-hybridized carbons (Fsp3) is 0.200. The van der Waals surface area contributed by atoms with Crippen molar-refractivity contribution in [3.05, 3.63) is 65.1 Å². The van der Waals surface area contributed by atoms with E-state index in [1.54, 1.807) is 24.3 Å². The van der Waals surface area contributed by atoms with Gasteiger partial charge in [-0.05, 0) is 36.4 Å². The molecule has 1 aliphatic heterocycles. The van der Waals surface area contributed by atoms with Crippen LogP contribution in [-0.4, -0.2) is 34.6 Å². The van der Waals surface area contributed by atoms with Crippen molar-refractivity contribution in [1.29, 1.82) is 0 Å². The summed E-state index contributed by atoms with van der Waals surface area (Å²) < 4.78 is 29.2. The number of fused-ring (bicyclic) bond motifs is 1. The quantitative estimate of drug-likeness (QED) is 0.584. The molecule has 1 saturated heterocycles. The van der Waals surface area contributed by atoms with Crippen LogP contribution in [0.4, 0.5) is 11.4 Å². The molecule has 0 spiro atoms. The van der Waals surface area contributed by atoms with Crippen LogP contribution in [0.2, 0.25) is 0 Å². The number of hydrogen-bond donors (Lipinski definition) is 2. The summed E-state index contributed by atoms with van der Waals surface area (Å²) in [6.07, 6.45) is 0. The highest BCUT2D eigenvalue weighted by molar-refractivity contribution is 9.10. The van der Waals surface area contributed by atoms with E-state index < -0.39 is 10.0 Å². The number of piperazine rings is 1. The number of halogens is 2. The first-order valence-corrected chi connectivity index (χ1v) is 11.1. The minimum absolute atomic E-state index is 0. The lowest BCUT2D eigenvalue weighted by atomic mass is 10.1. The number of nitrogens with one attached hydrogen (secondary N) is 2. The molecule has 1 heterocycles. The highest BCUT2D eigenvalue weighted by Crippen LogP contribution is 2.33. The van der Waals surface area contributed by atoms with E-state index in [-0.39, 0.29) is 17.3 Å². The number of rotatable bonds is 4. The predicted molar refractivity (Wildman–Crippen MR) is 121 cm³/mol. The molecule has 28 heavy (non-hydrogen) atoms. The van der Waals surface area contributed by atoms with Crippen molar-refractivity contribution in [2.75, 3.05) is 35.8 Å². The molecule has 0 aromatic heterocycles. The maximum atomic E-state index is 12.8. The molecule has 8 heteroatoms. The average molecular weight is 483 g/mol. The summed E-state index contributed by atoms with van der Waals surface area (Å²) in [6.45, 7) is 3.78. The Morgan fingerprint density at radius 3 is 2.21 bits per heavy atom. The summed E-state index contributed by atoms with van der Waals surface area (Å²) in [4.78, 5) is 2.58. The fourth-order valence-electron chi connectivity index (χ4n) is 3.37. The van der Waals surface area contributed by atoms with Gasteiger partial charge in [-0.3, -0.25) is 4.72 Å². The molecule has 4 rings (SSSR count). The van der Waals surface area contributed by atoms with E-state index in [0.29, 0.717) is 5.69 Å². The number of sulfonamides is 1. The molecule has 1 fully saturated rings. The van der Waals surface area contributed by atoms with Crippen molar-refractivity contribution in [3.8, 4) is 0 Å². The van der Waals surface area contributed by atoms with Gasteiger partial charge in [-0.15, -0.1) is 12.4 Å². The van der Waals surface area contributed by atoms with E-state index in [9.17, 15) is 8.42 Å². The van der Waals surface area contributed by atoms with Crippen LogP contribution in [0, 0.1) is 0 Å². The van der Waals surface area contributed by atoms with Crippen molar-refractivity contribution < 1.29 is 8.42 Å². The van der Waals surface area contributed by atoms with Gasteiger partial charge in [-0.1, -0.05) is 40.2 Å². The Kier molecular flexibility index (Phi) is 6.50. The lowest BCUT2D eigenvalue weighted by molar-refractivity contribution is 0.590. The van der Waals surface area contributed by atoms with Crippen LogP contribution in [0.25, 0.3) is 10.8 Å². The van der Waals surface area contributed by atoms with Gasteiger partial charge in [-0.25, -0.2) is 8.42 Å². The van der Waals surface area contributed by atoms with Gasteiger partial charge in [0.1, 0.15) is 0 Å². The molecule has 0 atom stereocenters. The molecule has 1 aliphatic rings. The second-order valence-electron chi connectivity index (χ2n) is 6.47. The third kappa shape index (κ3) is 4.27. The second kappa shape index (κ2) is 8.69. The Morgan fingerprint density at radius 1 is 0.893 bits per heavy atom. The number of anilines is 2. The highest BCUT2D eigenvalue weighted by atomic mass is 79.9. The Hall–Kier alpha value is -1.80. The summed E-state index contributed by atoms with van der Waals surface area (Å²) in [7, 11) is -3.65. The van der Waals surface area contributed by atoms with Gasteiger partial charge < -0.3 is 10.2 Å². The smallest absolute Gasteiger partial charge is 0.261 e. The van der Waals surface area contributed by atoms with Crippen LogP contribution in [0.15, 0.2) is 70.0 Å². The minimum atomic E-state index is -3.65. The zero-order chi connectivity index (χ0) is 18.9. The molecule has 0 radical (unpaired) electrons. The summed E-state index contributed by atoms with van der Waals surface area (Å²) in [5, 5.41) is 5.31. The molecule has 0 bridgehead atoms. The molecule has 0 saturated carbocycles. The summed E-state index contributed by atoms with van der Waals surface area (Å²) in [5.41, 5.74) is 1.73. The van der Waals surface area contributed by atoms with Crippen molar-refractivity contribution in [3.63, 3.8) is 0 Å². The summed E-state index contributed by atoms with van der Waals surface area (Å²) >= 11 is 3.33. The molecule has 3 aromatic rings. The Morgan fingerprint density at radius 2 is 1.54 bits per heavy atom. The molecule has 3 aromatic carbocycles. The predicted octanol–water partition coefficient (Wildman–Crippen LogP) is 4.23. The Balaban J connectivity index is 0.00000225. The monoisotopic (exact) mass is 481 g/mol. The summed E-state index contributed by atoms with van der Waals surface area (Å²) in [5.74, 6) is 0. The molecule has 148 valence electrons. The van der Waals surface area contributed by atoms with Gasteiger partial charge in [0, 0.05) is 47.1 Å². The maximum absolute atomic E-state index is 12.8. The largest absolute Gasteiger partial charge is 0.368 e. The fourth-order valence-corrected chi connectivity index (χ4v) is 4.72. The van der Waals surface area contributed by atoms with Crippen LogP contribution in [0.3, 0.4) is 0 Å². The van der Waals surface area contributed by atoms with Gasteiger partial charge in [-0.2, -0.15) is 0 Å². The van der Waals surface area contributed by atoms with Crippen LogP contribution >= 0.6 is 28.3 Å². The Labute approximate surface area is 179 Å². The van der Waals surface area contributed by atoms with Gasteiger partial charge >= 0.3 is 0 Å². The summed E-state index contributed by atoms with van der Waals surface area (Å²) in [6, 6.07) is 18.4. The van der Waals surface area contributed by atoms with Gasteiger partial charge in [0.2, 0.25) is 0 Å². The van der Waals surface area contributed by atoms with Gasteiger partial charge in [0.15, 0.2) is 0 Å². The third-order valence-electron chi connectivity index (χ3n) is 4.73. The Bertz CT molecular complexity index is 1070. The van der Waals surface area contributed by atoms with E-state index in [2.05, 4.69) is 30.9 Å². The van der Waals surface area contributed by atoms with Crippen molar-refractivity contribution in [1.82, 2.24) is 5.32 Å². The minimum Gasteiger partial charge on any atom is -0.368 e. The molecule has 0 aliphatic carbocycles. The van der Waals surface area contributed by atoms with Crippen molar-refractivity contribution >= 4 is 60.5 Å². The van der Waals surface area contributed by atoms with Gasteiger partial charge in [0.25, 0.3) is 10.0 Å². The topological polar surface area (TPSA) is 61.4 Å². The standard InChI is InChI=1S/C20H20BrN3O2S.ClH/c21-15-5-7-16(8-6-15)27(25,26)23-19-9-10-20(24-13-11-22-12-14-24)18-4-2-1-3-17(18)19;/h1-10,22-23H,11-14H2;1H. The van der Waals surface area contributed by atoms with E-state index in [0.717, 1.165) is 47.1 Å². The van der Waals surface area contributed by atoms with E-state index in [1.165, 1.54) is 0 Å². The zero-order valence-electron chi connectivity index (χ0n) is 15.1. The normalized spacial score (nSPS) is 14.5. The SMILES string of the molecule is Cl.O=S(=O)(Nc1ccc(N2CCNCC2)c2ccccc12)c1ccc(Br)cc1. The lowest BCUT2D eigenvalue weighted by Crippen LogP contribution is -2.43. The third-order valence-corrected chi connectivity index (χ3v) is 6.64. The van der Waals surface area contributed by atoms with E-state index in [1.807, 2.05) is 36.4 Å². The highest BCUT2D eigenvalue weighted by Gasteiger charge is 2.18. The van der Waals surface area contributed by atoms with Crippen LogP contribution in [0.5, 0.6) is 0 Å². The maximum Gasteiger partial charge on any atom is 0.261 e. The van der Waals surface area contributed by atoms with Crippen LogP contribution < -0.4 is 14.9 Å². The van der Waals surface area contributed by atoms with E-state index >= 15 is 0 Å². The number of hydrogen-bond acceptors (Lipinski definition) is 4. The van der Waals surface area contributed by atoms with Crippen LogP contribution in [0.1, 0.15) is 0 Å². The van der Waals surface area contributed by atoms with E-state index in [4.69, 9.17) is 0 Å². The van der Waals surface area contributed by atoms with Crippen molar-refractivity contribution in [2.45, 2.75) is 4.90 Å². The number of benzene rings is 3. The number of nitrogens with zero attached hydrogens (tertiary/aromatic N) is 1. The second-order valence-corrected chi connectivity index (χ2v) is 9.07.